The minimum atomic E-state index is 0. The van der Waals surface area contributed by atoms with E-state index < -0.39 is 0 Å². The standard InChI is InChI=1S/C6H12.O/c1-2-4-6-5-3-1;/h1-6H2;. The molecule has 2 radical (unpaired) electrons. The zero-order valence-electron chi connectivity index (χ0n) is 4.65. The molecule has 0 atom stereocenters. The molecule has 1 fully saturated rings. The van der Waals surface area contributed by atoms with E-state index in [1.165, 1.54) is 38.5 Å². The zero-order chi connectivity index (χ0) is 4.24. The highest BCUT2D eigenvalue weighted by molar-refractivity contribution is 4.51. The van der Waals surface area contributed by atoms with Crippen LogP contribution in [0.15, 0.2) is 0 Å². The second kappa shape index (κ2) is 4.13. The first-order valence-corrected chi connectivity index (χ1v) is 3.00. The van der Waals surface area contributed by atoms with Crippen LogP contribution in [-0.2, 0) is 5.48 Å². The van der Waals surface area contributed by atoms with E-state index in [2.05, 4.69) is 0 Å². The average Bonchev–Trinajstić information content (AvgIpc) is 1.72. The maximum Gasteiger partial charge on any atom is 0 e. The van der Waals surface area contributed by atoms with Crippen molar-refractivity contribution in [3.8, 4) is 0 Å². The summed E-state index contributed by atoms with van der Waals surface area (Å²) in [4.78, 5) is 0. The van der Waals surface area contributed by atoms with Crippen LogP contribution in [-0.4, -0.2) is 0 Å². The van der Waals surface area contributed by atoms with E-state index in [-0.39, 0.29) is 5.48 Å². The van der Waals surface area contributed by atoms with Crippen LogP contribution in [0.2, 0.25) is 0 Å². The Morgan fingerprint density at radius 1 is 0.429 bits per heavy atom. The molecule has 0 N–H and O–H groups in total. The van der Waals surface area contributed by atoms with Crippen molar-refractivity contribution in [2.45, 2.75) is 38.5 Å². The van der Waals surface area contributed by atoms with Gasteiger partial charge < -0.3 is 0 Å². The molecule has 0 aliphatic heterocycles. The van der Waals surface area contributed by atoms with Gasteiger partial charge in [-0.3, -0.25) is 0 Å². The van der Waals surface area contributed by atoms with Crippen molar-refractivity contribution in [2.75, 3.05) is 0 Å². The van der Waals surface area contributed by atoms with Crippen molar-refractivity contribution in [1.29, 1.82) is 0 Å². The first-order chi connectivity index (χ1) is 3.00. The van der Waals surface area contributed by atoms with Gasteiger partial charge in [0.25, 0.3) is 0 Å². The summed E-state index contributed by atoms with van der Waals surface area (Å²) in [5, 5.41) is 0. The average molecular weight is 100 g/mol. The second-order valence-electron chi connectivity index (χ2n) is 2.12. The molecule has 0 heterocycles. The van der Waals surface area contributed by atoms with Crippen LogP contribution in [0.3, 0.4) is 0 Å². The van der Waals surface area contributed by atoms with Gasteiger partial charge >= 0.3 is 0 Å². The summed E-state index contributed by atoms with van der Waals surface area (Å²) < 4.78 is 0. The van der Waals surface area contributed by atoms with Crippen molar-refractivity contribution in [1.82, 2.24) is 0 Å². The van der Waals surface area contributed by atoms with Gasteiger partial charge in [0.05, 0.1) is 0 Å². The summed E-state index contributed by atoms with van der Waals surface area (Å²) in [6.07, 6.45) is 9.00. The molecular formula is C6H12O. The minimum absolute atomic E-state index is 0. The van der Waals surface area contributed by atoms with E-state index in [9.17, 15) is 0 Å². The van der Waals surface area contributed by atoms with Gasteiger partial charge in [-0.15, -0.1) is 0 Å². The molecule has 0 amide bonds. The Balaban J connectivity index is 0.000000360. The van der Waals surface area contributed by atoms with Crippen molar-refractivity contribution in [3.05, 3.63) is 0 Å². The molecule has 0 spiro atoms. The Morgan fingerprint density at radius 2 is 0.571 bits per heavy atom. The maximum absolute atomic E-state index is 1.50. The number of hydrogen-bond donors (Lipinski definition) is 0. The molecule has 0 saturated heterocycles. The molecule has 0 aromatic rings. The van der Waals surface area contributed by atoms with Crippen LogP contribution in [0, 0.1) is 0 Å². The predicted molar refractivity (Wildman–Crippen MR) is 28.4 cm³/mol. The Labute approximate surface area is 45.0 Å². The monoisotopic (exact) mass is 100 g/mol. The Morgan fingerprint density at radius 3 is 0.714 bits per heavy atom. The van der Waals surface area contributed by atoms with Gasteiger partial charge in [0.15, 0.2) is 0 Å². The third-order valence-corrected chi connectivity index (χ3v) is 1.50. The second-order valence-corrected chi connectivity index (χ2v) is 2.12. The fraction of sp³-hybridized carbons (Fsp3) is 1.00. The smallest absolute Gasteiger partial charge is 0 e. The van der Waals surface area contributed by atoms with E-state index in [4.69, 9.17) is 0 Å². The summed E-state index contributed by atoms with van der Waals surface area (Å²) in [7, 11) is 0. The Bertz CT molecular complexity index is 19.7. The normalized spacial score (nSPS) is 20.6. The molecule has 1 saturated carbocycles. The first kappa shape index (κ1) is 6.96. The van der Waals surface area contributed by atoms with E-state index >= 15 is 0 Å². The fourth-order valence-electron chi connectivity index (χ4n) is 1.06. The third kappa shape index (κ3) is 2.63. The molecule has 1 aliphatic carbocycles. The van der Waals surface area contributed by atoms with Gasteiger partial charge in [-0.1, -0.05) is 38.5 Å². The topological polar surface area (TPSA) is 28.5 Å². The summed E-state index contributed by atoms with van der Waals surface area (Å²) in [6.45, 7) is 0. The van der Waals surface area contributed by atoms with Crippen LogP contribution in [0.25, 0.3) is 0 Å². The molecule has 0 aromatic carbocycles. The summed E-state index contributed by atoms with van der Waals surface area (Å²) in [5.41, 5.74) is 0. The van der Waals surface area contributed by atoms with Crippen molar-refractivity contribution >= 4 is 0 Å². The van der Waals surface area contributed by atoms with Crippen LogP contribution >= 0.6 is 0 Å². The lowest BCUT2D eigenvalue weighted by Crippen LogP contribution is -1.85. The number of rotatable bonds is 0. The molecule has 1 nitrogen and oxygen atoms in total. The highest BCUT2D eigenvalue weighted by Gasteiger charge is 1.95. The van der Waals surface area contributed by atoms with Gasteiger partial charge in [-0.05, 0) is 0 Å². The number of hydrogen-bond acceptors (Lipinski definition) is 0. The van der Waals surface area contributed by atoms with E-state index in [1.807, 2.05) is 0 Å². The van der Waals surface area contributed by atoms with Crippen molar-refractivity contribution in [3.63, 3.8) is 0 Å². The van der Waals surface area contributed by atoms with E-state index in [0.717, 1.165) is 0 Å². The van der Waals surface area contributed by atoms with E-state index in [0.29, 0.717) is 0 Å². The molecule has 1 heteroatoms. The lowest BCUT2D eigenvalue weighted by atomic mass is 10.0. The lowest BCUT2D eigenvalue weighted by Gasteiger charge is -2.05. The highest BCUT2D eigenvalue weighted by atomic mass is 16.0. The van der Waals surface area contributed by atoms with Crippen molar-refractivity contribution < 1.29 is 5.48 Å². The maximum atomic E-state index is 1.50. The van der Waals surface area contributed by atoms with Crippen LogP contribution in [0.1, 0.15) is 38.5 Å². The van der Waals surface area contributed by atoms with Gasteiger partial charge in [0, 0.05) is 5.48 Å². The van der Waals surface area contributed by atoms with Gasteiger partial charge in [-0.25, -0.2) is 0 Å². The Hall–Kier alpha value is -0.0400. The zero-order valence-corrected chi connectivity index (χ0v) is 4.65. The molecule has 42 valence electrons. The molecule has 0 aromatic heterocycles. The fourth-order valence-corrected chi connectivity index (χ4v) is 1.06. The Kier molecular flexibility index (Phi) is 4.10. The largest absolute Gasteiger partial charge is 0.0533 e. The highest BCUT2D eigenvalue weighted by Crippen LogP contribution is 2.15. The van der Waals surface area contributed by atoms with Crippen LogP contribution < -0.4 is 0 Å². The molecule has 0 bridgehead atoms. The molecule has 0 unspecified atom stereocenters. The molecular weight excluding hydrogens is 88.1 g/mol. The quantitative estimate of drug-likeness (QED) is 0.446. The molecule has 1 rings (SSSR count). The third-order valence-electron chi connectivity index (χ3n) is 1.50. The van der Waals surface area contributed by atoms with Gasteiger partial charge in [0.1, 0.15) is 0 Å². The van der Waals surface area contributed by atoms with Gasteiger partial charge in [0.2, 0.25) is 0 Å². The summed E-state index contributed by atoms with van der Waals surface area (Å²) in [5.74, 6) is 0. The lowest BCUT2D eigenvalue weighted by molar-refractivity contribution is 0.504. The molecule has 1 aliphatic rings. The van der Waals surface area contributed by atoms with Crippen molar-refractivity contribution in [2.24, 2.45) is 0 Å². The minimum Gasteiger partial charge on any atom is -0.0533 e. The van der Waals surface area contributed by atoms with Crippen LogP contribution in [0.4, 0.5) is 0 Å². The summed E-state index contributed by atoms with van der Waals surface area (Å²) >= 11 is 0. The van der Waals surface area contributed by atoms with Crippen LogP contribution in [0.5, 0.6) is 0 Å². The molecule has 7 heavy (non-hydrogen) atoms. The SMILES string of the molecule is C1CCCCC1.[O]. The van der Waals surface area contributed by atoms with Gasteiger partial charge in [-0.2, -0.15) is 0 Å². The predicted octanol–water partition coefficient (Wildman–Crippen LogP) is 2.22. The first-order valence-electron chi connectivity index (χ1n) is 3.00. The van der Waals surface area contributed by atoms with E-state index in [1.54, 1.807) is 0 Å². The summed E-state index contributed by atoms with van der Waals surface area (Å²) in [6, 6.07) is 0.